The second-order valence-corrected chi connectivity index (χ2v) is 7.04. The van der Waals surface area contributed by atoms with Crippen LogP contribution in [0.25, 0.3) is 0 Å². The number of aromatic nitrogens is 4. The van der Waals surface area contributed by atoms with Gasteiger partial charge in [-0.15, -0.1) is 0 Å². The van der Waals surface area contributed by atoms with Gasteiger partial charge in [0.15, 0.2) is 22.8 Å². The van der Waals surface area contributed by atoms with Crippen LogP contribution >= 0.6 is 0 Å². The van der Waals surface area contributed by atoms with Crippen molar-refractivity contribution in [1.29, 1.82) is 21.0 Å². The van der Waals surface area contributed by atoms with Crippen LogP contribution in [-0.2, 0) is 14.1 Å². The molecule has 0 aromatic carbocycles. The van der Waals surface area contributed by atoms with Crippen LogP contribution in [0.1, 0.15) is 48.5 Å². The molecule has 0 spiro atoms. The molecule has 0 unspecified atom stereocenters. The van der Waals surface area contributed by atoms with Crippen molar-refractivity contribution in [3.8, 4) is 24.3 Å². The summed E-state index contributed by atoms with van der Waals surface area (Å²) in [5, 5.41) is 36.5. The van der Waals surface area contributed by atoms with Crippen LogP contribution < -0.4 is 9.80 Å². The number of imidazole rings is 2. The summed E-state index contributed by atoms with van der Waals surface area (Å²) in [7, 11) is 7.28. The molecule has 154 valence electrons. The number of hydrogen-bond donors (Lipinski definition) is 0. The second kappa shape index (κ2) is 9.96. The quantitative estimate of drug-likeness (QED) is 0.577. The van der Waals surface area contributed by atoms with Crippen LogP contribution in [0.15, 0.2) is 0 Å². The number of rotatable bonds is 9. The molecular formula is C20H24N10. The lowest BCUT2D eigenvalue weighted by Crippen LogP contribution is -2.23. The summed E-state index contributed by atoms with van der Waals surface area (Å²) >= 11 is 0. The van der Waals surface area contributed by atoms with E-state index >= 15 is 0 Å². The summed E-state index contributed by atoms with van der Waals surface area (Å²) < 4.78 is 3.29. The third kappa shape index (κ3) is 4.51. The molecule has 10 nitrogen and oxygen atoms in total. The molecule has 0 radical (unpaired) electrons. The Labute approximate surface area is 176 Å². The van der Waals surface area contributed by atoms with Crippen molar-refractivity contribution in [3.05, 3.63) is 22.8 Å². The van der Waals surface area contributed by atoms with Gasteiger partial charge in [0.25, 0.3) is 0 Å². The van der Waals surface area contributed by atoms with E-state index in [4.69, 9.17) is 21.0 Å². The molecule has 0 atom stereocenters. The fraction of sp³-hybridized carbons (Fsp3) is 0.500. The Balaban J connectivity index is 1.79. The van der Waals surface area contributed by atoms with E-state index in [0.29, 0.717) is 11.9 Å². The zero-order valence-corrected chi connectivity index (χ0v) is 17.7. The molecule has 0 amide bonds. The third-order valence-corrected chi connectivity index (χ3v) is 4.99. The van der Waals surface area contributed by atoms with E-state index in [-0.39, 0.29) is 22.8 Å². The van der Waals surface area contributed by atoms with Crippen LogP contribution in [0.5, 0.6) is 0 Å². The van der Waals surface area contributed by atoms with Crippen molar-refractivity contribution in [2.45, 2.75) is 25.7 Å². The zero-order valence-electron chi connectivity index (χ0n) is 17.7. The summed E-state index contributed by atoms with van der Waals surface area (Å²) in [4.78, 5) is 12.4. The average Bonchev–Trinajstić information content (AvgIpc) is 3.25. The first-order valence-corrected chi connectivity index (χ1v) is 9.55. The number of nitriles is 4. The van der Waals surface area contributed by atoms with E-state index in [0.717, 1.165) is 38.8 Å². The second-order valence-electron chi connectivity index (χ2n) is 7.04. The minimum atomic E-state index is 0.151. The largest absolute Gasteiger partial charge is 0.345 e. The number of hydrogen-bond acceptors (Lipinski definition) is 8. The van der Waals surface area contributed by atoms with Crippen molar-refractivity contribution in [3.63, 3.8) is 0 Å². The van der Waals surface area contributed by atoms with E-state index in [1.807, 2.05) is 48.2 Å². The first-order chi connectivity index (χ1) is 14.4. The van der Waals surface area contributed by atoms with Crippen molar-refractivity contribution >= 4 is 11.9 Å². The maximum absolute atomic E-state index is 9.17. The summed E-state index contributed by atoms with van der Waals surface area (Å²) in [6, 6.07) is 7.95. The molecule has 30 heavy (non-hydrogen) atoms. The van der Waals surface area contributed by atoms with Gasteiger partial charge < -0.3 is 18.9 Å². The molecule has 0 aliphatic heterocycles. The summed E-state index contributed by atoms with van der Waals surface area (Å²) in [5.74, 6) is 1.22. The lowest BCUT2D eigenvalue weighted by atomic mass is 10.2. The highest BCUT2D eigenvalue weighted by Crippen LogP contribution is 2.18. The Morgan fingerprint density at radius 2 is 1.03 bits per heavy atom. The first kappa shape index (κ1) is 22.3. The van der Waals surface area contributed by atoms with Gasteiger partial charge in [0, 0.05) is 41.3 Å². The van der Waals surface area contributed by atoms with Gasteiger partial charge >= 0.3 is 0 Å². The van der Waals surface area contributed by atoms with Crippen LogP contribution in [0.2, 0.25) is 0 Å². The summed E-state index contributed by atoms with van der Waals surface area (Å²) in [5.41, 5.74) is 0.850. The van der Waals surface area contributed by atoms with Crippen molar-refractivity contribution in [2.75, 3.05) is 37.0 Å². The molecule has 0 saturated carbocycles. The van der Waals surface area contributed by atoms with Gasteiger partial charge in [-0.05, 0) is 12.8 Å². The Kier molecular flexibility index (Phi) is 7.39. The van der Waals surface area contributed by atoms with E-state index in [2.05, 4.69) is 9.97 Å². The van der Waals surface area contributed by atoms with Gasteiger partial charge in [0.05, 0.1) is 0 Å². The fourth-order valence-corrected chi connectivity index (χ4v) is 3.32. The normalized spacial score (nSPS) is 10.0. The van der Waals surface area contributed by atoms with Gasteiger partial charge in [0.2, 0.25) is 11.9 Å². The van der Waals surface area contributed by atoms with Gasteiger partial charge in [-0.2, -0.15) is 21.0 Å². The smallest absolute Gasteiger partial charge is 0.207 e. The third-order valence-electron chi connectivity index (χ3n) is 4.99. The Bertz CT molecular complexity index is 977. The Morgan fingerprint density at radius 3 is 1.30 bits per heavy atom. The molecule has 2 rings (SSSR count). The van der Waals surface area contributed by atoms with Gasteiger partial charge in [0.1, 0.15) is 24.3 Å². The molecule has 0 aliphatic rings. The standard InChI is InChI=1S/C20H24N10/c1-27(19-25-15(11-21)17(13-23)29(19)3)9-7-5-6-8-10-28(2)20-26-16(12-22)18(14-24)30(20)4/h5-10H2,1-4H3. The van der Waals surface area contributed by atoms with Crippen LogP contribution in [0.4, 0.5) is 11.9 Å². The van der Waals surface area contributed by atoms with Gasteiger partial charge in [-0.1, -0.05) is 12.8 Å². The SMILES string of the molecule is CN(CCCCCCN(C)c1nc(C#N)c(C#N)n1C)c1nc(C#N)c(C#N)n1C. The van der Waals surface area contributed by atoms with Gasteiger partial charge in [-0.25, -0.2) is 9.97 Å². The molecule has 2 aromatic heterocycles. The molecule has 0 aliphatic carbocycles. The highest BCUT2D eigenvalue weighted by Gasteiger charge is 2.18. The van der Waals surface area contributed by atoms with E-state index in [1.54, 1.807) is 23.2 Å². The van der Waals surface area contributed by atoms with E-state index in [1.165, 1.54) is 0 Å². The predicted molar refractivity (Wildman–Crippen MR) is 110 cm³/mol. The molecule has 10 heteroatoms. The highest BCUT2D eigenvalue weighted by molar-refractivity contribution is 5.47. The van der Waals surface area contributed by atoms with Crippen molar-refractivity contribution in [2.24, 2.45) is 14.1 Å². The fourth-order valence-electron chi connectivity index (χ4n) is 3.32. The molecule has 2 heterocycles. The lowest BCUT2D eigenvalue weighted by molar-refractivity contribution is 0.622. The van der Waals surface area contributed by atoms with Crippen molar-refractivity contribution in [1.82, 2.24) is 19.1 Å². The van der Waals surface area contributed by atoms with Gasteiger partial charge in [-0.3, -0.25) is 0 Å². The maximum Gasteiger partial charge on any atom is 0.207 e. The number of anilines is 2. The molecule has 0 bridgehead atoms. The first-order valence-electron chi connectivity index (χ1n) is 9.55. The average molecular weight is 404 g/mol. The summed E-state index contributed by atoms with van der Waals surface area (Å²) in [6.07, 6.45) is 3.95. The minimum absolute atomic E-state index is 0.151. The molecule has 0 saturated heterocycles. The molecular weight excluding hydrogens is 380 g/mol. The van der Waals surface area contributed by atoms with Crippen LogP contribution in [-0.4, -0.2) is 46.3 Å². The predicted octanol–water partition coefficient (Wildman–Crippen LogP) is 1.77. The van der Waals surface area contributed by atoms with E-state index < -0.39 is 0 Å². The molecule has 0 N–H and O–H groups in total. The Morgan fingerprint density at radius 1 is 0.667 bits per heavy atom. The topological polar surface area (TPSA) is 137 Å². The summed E-state index contributed by atoms with van der Waals surface area (Å²) in [6.45, 7) is 1.54. The molecule has 0 fully saturated rings. The van der Waals surface area contributed by atoms with Crippen LogP contribution in [0, 0.1) is 45.3 Å². The monoisotopic (exact) mass is 404 g/mol. The molecule has 2 aromatic rings. The number of nitrogens with zero attached hydrogens (tertiary/aromatic N) is 10. The Hall–Kier alpha value is -4.02. The van der Waals surface area contributed by atoms with Crippen LogP contribution in [0.3, 0.4) is 0 Å². The maximum atomic E-state index is 9.17. The van der Waals surface area contributed by atoms with Crippen molar-refractivity contribution < 1.29 is 0 Å². The zero-order chi connectivity index (χ0) is 22.3. The highest BCUT2D eigenvalue weighted by atomic mass is 15.3. The van der Waals surface area contributed by atoms with E-state index in [9.17, 15) is 0 Å². The number of unbranched alkanes of at least 4 members (excludes halogenated alkanes) is 3. The lowest BCUT2D eigenvalue weighted by Gasteiger charge is -2.19. The minimum Gasteiger partial charge on any atom is -0.345 e.